The summed E-state index contributed by atoms with van der Waals surface area (Å²) in [6.07, 6.45) is 2.29. The van der Waals surface area contributed by atoms with Gasteiger partial charge in [-0.15, -0.1) is 0 Å². The first kappa shape index (κ1) is 12.6. The summed E-state index contributed by atoms with van der Waals surface area (Å²) < 4.78 is 1.05. The molecule has 0 amide bonds. The molecule has 1 aromatic rings. The van der Waals surface area contributed by atoms with Crippen LogP contribution in [0.3, 0.4) is 0 Å². The normalized spacial score (nSPS) is 28.2. The molecule has 0 bridgehead atoms. The highest BCUT2D eigenvalue weighted by molar-refractivity contribution is 9.10. The zero-order chi connectivity index (χ0) is 12.5. The minimum absolute atomic E-state index is 0.339. The van der Waals surface area contributed by atoms with Crippen LogP contribution in [0, 0.1) is 0 Å². The van der Waals surface area contributed by atoms with E-state index in [1.807, 2.05) is 12.1 Å². The smallest absolute Gasteiger partial charge is 0.323 e. The SMILES string of the molecule is CNC1(C(=O)O)CCC(c2ccc(Br)cc2)C1. The largest absolute Gasteiger partial charge is 0.480 e. The molecular weight excluding hydrogens is 282 g/mol. The van der Waals surface area contributed by atoms with Crippen molar-refractivity contribution in [2.45, 2.75) is 30.7 Å². The van der Waals surface area contributed by atoms with Crippen LogP contribution in [0.15, 0.2) is 28.7 Å². The number of hydrogen-bond donors (Lipinski definition) is 2. The van der Waals surface area contributed by atoms with E-state index in [0.717, 1.165) is 10.9 Å². The number of nitrogens with one attached hydrogen (secondary N) is 1. The number of rotatable bonds is 3. The van der Waals surface area contributed by atoms with Crippen molar-refractivity contribution in [2.75, 3.05) is 7.05 Å². The summed E-state index contributed by atoms with van der Waals surface area (Å²) in [5, 5.41) is 12.3. The third kappa shape index (κ3) is 2.38. The van der Waals surface area contributed by atoms with Crippen LogP contribution in [0.5, 0.6) is 0 Å². The second kappa shape index (κ2) is 4.78. The van der Waals surface area contributed by atoms with Crippen LogP contribution in [0.25, 0.3) is 0 Å². The van der Waals surface area contributed by atoms with Gasteiger partial charge in [0.1, 0.15) is 5.54 Å². The summed E-state index contributed by atoms with van der Waals surface area (Å²) >= 11 is 3.41. The third-order valence-corrected chi connectivity index (χ3v) is 4.27. The highest BCUT2D eigenvalue weighted by Crippen LogP contribution is 2.41. The molecule has 1 aliphatic carbocycles. The first-order valence-electron chi connectivity index (χ1n) is 5.75. The van der Waals surface area contributed by atoms with Crippen LogP contribution >= 0.6 is 15.9 Å². The molecule has 0 saturated heterocycles. The Bertz CT molecular complexity index is 418. The monoisotopic (exact) mass is 297 g/mol. The number of hydrogen-bond acceptors (Lipinski definition) is 2. The number of likely N-dealkylation sites (N-methyl/N-ethyl adjacent to an activating group) is 1. The summed E-state index contributed by atoms with van der Waals surface area (Å²) in [6, 6.07) is 8.16. The van der Waals surface area contributed by atoms with E-state index in [9.17, 15) is 9.90 Å². The van der Waals surface area contributed by atoms with Gasteiger partial charge in [0.15, 0.2) is 0 Å². The Kier molecular flexibility index (Phi) is 3.54. The zero-order valence-corrected chi connectivity index (χ0v) is 11.3. The van der Waals surface area contributed by atoms with Gasteiger partial charge < -0.3 is 10.4 Å². The van der Waals surface area contributed by atoms with E-state index >= 15 is 0 Å². The lowest BCUT2D eigenvalue weighted by atomic mass is 9.92. The molecule has 17 heavy (non-hydrogen) atoms. The van der Waals surface area contributed by atoms with E-state index < -0.39 is 11.5 Å². The summed E-state index contributed by atoms with van der Waals surface area (Å²) in [5.41, 5.74) is 0.490. The second-order valence-corrected chi connectivity index (χ2v) is 5.54. The van der Waals surface area contributed by atoms with Gasteiger partial charge in [0.05, 0.1) is 0 Å². The summed E-state index contributed by atoms with van der Waals surface area (Å²) in [5.74, 6) is -0.397. The van der Waals surface area contributed by atoms with Gasteiger partial charge in [-0.3, -0.25) is 4.79 Å². The van der Waals surface area contributed by atoms with E-state index in [0.29, 0.717) is 18.8 Å². The maximum atomic E-state index is 11.3. The Hall–Kier alpha value is -0.870. The van der Waals surface area contributed by atoms with E-state index in [1.54, 1.807) is 7.05 Å². The summed E-state index contributed by atoms with van der Waals surface area (Å²) in [6.45, 7) is 0. The van der Waals surface area contributed by atoms with E-state index in [-0.39, 0.29) is 0 Å². The van der Waals surface area contributed by atoms with E-state index in [4.69, 9.17) is 0 Å². The van der Waals surface area contributed by atoms with E-state index in [1.165, 1.54) is 5.56 Å². The lowest BCUT2D eigenvalue weighted by Gasteiger charge is -2.23. The van der Waals surface area contributed by atoms with Crippen molar-refractivity contribution in [1.82, 2.24) is 5.32 Å². The quantitative estimate of drug-likeness (QED) is 0.902. The lowest BCUT2D eigenvalue weighted by molar-refractivity contribution is -0.144. The van der Waals surface area contributed by atoms with Gasteiger partial charge in [0.2, 0.25) is 0 Å². The second-order valence-electron chi connectivity index (χ2n) is 4.63. The van der Waals surface area contributed by atoms with Crippen molar-refractivity contribution < 1.29 is 9.90 Å². The van der Waals surface area contributed by atoms with Crippen LogP contribution in [0.4, 0.5) is 0 Å². The fourth-order valence-electron chi connectivity index (χ4n) is 2.59. The van der Waals surface area contributed by atoms with Crippen molar-refractivity contribution >= 4 is 21.9 Å². The van der Waals surface area contributed by atoms with Crippen LogP contribution in [-0.2, 0) is 4.79 Å². The van der Waals surface area contributed by atoms with Gasteiger partial charge in [-0.1, -0.05) is 28.1 Å². The molecule has 1 fully saturated rings. The fourth-order valence-corrected chi connectivity index (χ4v) is 2.86. The van der Waals surface area contributed by atoms with Crippen LogP contribution in [0.1, 0.15) is 30.7 Å². The van der Waals surface area contributed by atoms with Gasteiger partial charge in [-0.25, -0.2) is 0 Å². The molecule has 1 aromatic carbocycles. The number of halogens is 1. The van der Waals surface area contributed by atoms with Gasteiger partial charge >= 0.3 is 5.97 Å². The molecule has 0 aromatic heterocycles. The maximum Gasteiger partial charge on any atom is 0.323 e. The number of carboxylic acids is 1. The molecule has 2 N–H and O–H groups in total. The van der Waals surface area contributed by atoms with Gasteiger partial charge in [0, 0.05) is 4.47 Å². The van der Waals surface area contributed by atoms with Crippen molar-refractivity contribution in [2.24, 2.45) is 0 Å². The average molecular weight is 298 g/mol. The number of aliphatic carboxylic acids is 1. The molecule has 0 spiro atoms. The van der Waals surface area contributed by atoms with Gasteiger partial charge in [-0.05, 0) is 49.9 Å². The highest BCUT2D eigenvalue weighted by Gasteiger charge is 2.44. The van der Waals surface area contributed by atoms with Gasteiger partial charge in [-0.2, -0.15) is 0 Å². The molecule has 3 nitrogen and oxygen atoms in total. The van der Waals surface area contributed by atoms with Crippen LogP contribution in [0.2, 0.25) is 0 Å². The highest BCUT2D eigenvalue weighted by atomic mass is 79.9. The minimum Gasteiger partial charge on any atom is -0.480 e. The molecule has 2 atom stereocenters. The lowest BCUT2D eigenvalue weighted by Crippen LogP contribution is -2.48. The Morgan fingerprint density at radius 1 is 1.47 bits per heavy atom. The standard InChI is InChI=1S/C13H16BrNO2/c1-15-13(12(16)17)7-6-10(8-13)9-2-4-11(14)5-3-9/h2-5,10,15H,6-8H2,1H3,(H,16,17). The number of carbonyl (C=O) groups is 1. The molecule has 1 saturated carbocycles. The predicted octanol–water partition coefficient (Wildman–Crippen LogP) is 2.76. The van der Waals surface area contributed by atoms with E-state index in [2.05, 4.69) is 33.4 Å². The van der Waals surface area contributed by atoms with Crippen LogP contribution in [-0.4, -0.2) is 23.7 Å². The van der Waals surface area contributed by atoms with Crippen molar-refractivity contribution in [3.63, 3.8) is 0 Å². The van der Waals surface area contributed by atoms with Crippen molar-refractivity contribution in [3.8, 4) is 0 Å². The molecular formula is C13H16BrNO2. The van der Waals surface area contributed by atoms with Crippen molar-refractivity contribution in [1.29, 1.82) is 0 Å². The number of benzene rings is 1. The first-order chi connectivity index (χ1) is 8.07. The van der Waals surface area contributed by atoms with Crippen LogP contribution < -0.4 is 5.32 Å². The Morgan fingerprint density at radius 3 is 2.59 bits per heavy atom. The molecule has 0 aliphatic heterocycles. The molecule has 0 heterocycles. The van der Waals surface area contributed by atoms with Gasteiger partial charge in [0.25, 0.3) is 0 Å². The minimum atomic E-state index is -0.738. The first-order valence-corrected chi connectivity index (χ1v) is 6.54. The Labute approximate surface area is 109 Å². The molecule has 2 rings (SSSR count). The topological polar surface area (TPSA) is 49.3 Å². The predicted molar refractivity (Wildman–Crippen MR) is 70.2 cm³/mol. The molecule has 4 heteroatoms. The summed E-state index contributed by atoms with van der Waals surface area (Å²) in [7, 11) is 1.73. The maximum absolute atomic E-state index is 11.3. The molecule has 92 valence electrons. The Morgan fingerprint density at radius 2 is 2.12 bits per heavy atom. The van der Waals surface area contributed by atoms with Crippen molar-refractivity contribution in [3.05, 3.63) is 34.3 Å². The number of carboxylic acid groups (broad SMARTS) is 1. The zero-order valence-electron chi connectivity index (χ0n) is 9.74. The molecule has 1 aliphatic rings. The molecule has 2 unspecified atom stereocenters. The summed E-state index contributed by atoms with van der Waals surface area (Å²) in [4.78, 5) is 11.3. The average Bonchev–Trinajstić information content (AvgIpc) is 2.75. The third-order valence-electron chi connectivity index (χ3n) is 3.74. The molecule has 0 radical (unpaired) electrons. The Balaban J connectivity index is 2.17. The fraction of sp³-hybridized carbons (Fsp3) is 0.462.